The molecule has 108 valence electrons. The van der Waals surface area contributed by atoms with Crippen molar-refractivity contribution in [2.45, 2.75) is 31.7 Å². The zero-order chi connectivity index (χ0) is 13.8. The van der Waals surface area contributed by atoms with Gasteiger partial charge in [0.15, 0.2) is 0 Å². The third-order valence-corrected chi connectivity index (χ3v) is 4.97. The van der Waals surface area contributed by atoms with E-state index in [1.54, 1.807) is 17.4 Å². The number of rotatable bonds is 5. The van der Waals surface area contributed by atoms with Crippen LogP contribution in [0.4, 0.5) is 0 Å². The summed E-state index contributed by atoms with van der Waals surface area (Å²) in [6.07, 6.45) is 8.61. The molecule has 0 aromatic carbocycles. The summed E-state index contributed by atoms with van der Waals surface area (Å²) in [5, 5.41) is 5.67. The van der Waals surface area contributed by atoms with Crippen molar-refractivity contribution in [3.05, 3.63) is 28.5 Å². The van der Waals surface area contributed by atoms with E-state index in [1.807, 2.05) is 28.5 Å². The number of carbonyl (C=O) groups excluding carboxylic acids is 1. The molecule has 20 heavy (non-hydrogen) atoms. The summed E-state index contributed by atoms with van der Waals surface area (Å²) in [7, 11) is 0. The van der Waals surface area contributed by atoms with E-state index in [0.717, 1.165) is 36.7 Å². The molecule has 0 unspecified atom stereocenters. The van der Waals surface area contributed by atoms with Crippen LogP contribution in [-0.4, -0.2) is 36.5 Å². The Bertz CT molecular complexity index is 457. The third kappa shape index (κ3) is 3.93. The molecule has 2 heterocycles. The minimum atomic E-state index is 0.152. The molecule has 2 fully saturated rings. The number of nitrogens with one attached hydrogen (secondary N) is 1. The van der Waals surface area contributed by atoms with Crippen LogP contribution in [0.5, 0.6) is 0 Å². The van der Waals surface area contributed by atoms with Crippen LogP contribution in [0, 0.1) is 5.92 Å². The first-order valence-electron chi connectivity index (χ1n) is 7.55. The average molecular weight is 290 g/mol. The van der Waals surface area contributed by atoms with Crippen molar-refractivity contribution < 1.29 is 4.79 Å². The van der Waals surface area contributed by atoms with Gasteiger partial charge in [-0.1, -0.05) is 6.07 Å². The predicted octanol–water partition coefficient (Wildman–Crippen LogP) is 2.75. The predicted molar refractivity (Wildman–Crippen MR) is 83.7 cm³/mol. The van der Waals surface area contributed by atoms with Gasteiger partial charge in [0, 0.05) is 30.1 Å². The first-order chi connectivity index (χ1) is 9.81. The van der Waals surface area contributed by atoms with E-state index in [2.05, 4.69) is 5.32 Å². The van der Waals surface area contributed by atoms with E-state index in [0.29, 0.717) is 6.04 Å². The number of likely N-dealkylation sites (tertiary alicyclic amines) is 1. The van der Waals surface area contributed by atoms with Crippen LogP contribution in [0.1, 0.15) is 30.6 Å². The van der Waals surface area contributed by atoms with Gasteiger partial charge < -0.3 is 10.2 Å². The van der Waals surface area contributed by atoms with Crippen LogP contribution < -0.4 is 5.32 Å². The Morgan fingerprint density at radius 2 is 2.15 bits per heavy atom. The van der Waals surface area contributed by atoms with Gasteiger partial charge in [-0.2, -0.15) is 0 Å². The fourth-order valence-electron chi connectivity index (χ4n) is 2.60. The fraction of sp³-hybridized carbons (Fsp3) is 0.562. The lowest BCUT2D eigenvalue weighted by Gasteiger charge is -2.32. The molecule has 1 aliphatic heterocycles. The Morgan fingerprint density at radius 1 is 1.35 bits per heavy atom. The lowest BCUT2D eigenvalue weighted by Crippen LogP contribution is -2.44. The highest BCUT2D eigenvalue weighted by Gasteiger charge is 2.25. The fourth-order valence-corrected chi connectivity index (χ4v) is 3.22. The van der Waals surface area contributed by atoms with E-state index in [1.165, 1.54) is 19.4 Å². The number of hydrogen-bond donors (Lipinski definition) is 1. The van der Waals surface area contributed by atoms with Crippen molar-refractivity contribution in [3.63, 3.8) is 0 Å². The summed E-state index contributed by atoms with van der Waals surface area (Å²) in [5.74, 6) is 1.09. The maximum Gasteiger partial charge on any atom is 0.246 e. The van der Waals surface area contributed by atoms with Gasteiger partial charge in [0.05, 0.1) is 0 Å². The molecule has 1 aromatic rings. The summed E-state index contributed by atoms with van der Waals surface area (Å²) >= 11 is 1.66. The Hall–Kier alpha value is -1.13. The molecular weight excluding hydrogens is 268 g/mol. The van der Waals surface area contributed by atoms with Gasteiger partial charge in [0.1, 0.15) is 0 Å². The largest absolute Gasteiger partial charge is 0.339 e. The monoisotopic (exact) mass is 290 g/mol. The highest BCUT2D eigenvalue weighted by Crippen LogP contribution is 2.28. The number of thiophene rings is 1. The highest BCUT2D eigenvalue weighted by atomic mass is 32.1. The molecule has 0 spiro atoms. The van der Waals surface area contributed by atoms with Crippen LogP contribution in [0.2, 0.25) is 0 Å². The topological polar surface area (TPSA) is 32.3 Å². The average Bonchev–Trinajstić information content (AvgIpc) is 3.17. The summed E-state index contributed by atoms with van der Waals surface area (Å²) in [4.78, 5) is 15.2. The molecule has 0 atom stereocenters. The third-order valence-electron chi connectivity index (χ3n) is 4.13. The molecule has 0 radical (unpaired) electrons. The number of hydrogen-bond acceptors (Lipinski definition) is 3. The smallest absolute Gasteiger partial charge is 0.246 e. The standard InChI is InChI=1S/C16H22N2OS/c19-16(6-5-15-2-1-11-20-15)18-9-7-14(8-10-18)17-12-13-3-4-13/h1-2,5-6,11,13-14,17H,3-4,7-10,12H2/b6-5+. The maximum atomic E-state index is 12.1. The van der Waals surface area contributed by atoms with E-state index >= 15 is 0 Å². The van der Waals surface area contributed by atoms with Crippen LogP contribution in [0.3, 0.4) is 0 Å². The van der Waals surface area contributed by atoms with Crippen molar-refractivity contribution in [2.24, 2.45) is 5.92 Å². The molecule has 2 aliphatic rings. The van der Waals surface area contributed by atoms with Gasteiger partial charge in [0.25, 0.3) is 0 Å². The van der Waals surface area contributed by atoms with Crippen molar-refractivity contribution in [3.8, 4) is 0 Å². The van der Waals surface area contributed by atoms with Gasteiger partial charge in [0.2, 0.25) is 5.91 Å². The Kier molecular flexibility index (Phi) is 4.53. The van der Waals surface area contributed by atoms with E-state index in [9.17, 15) is 4.79 Å². The summed E-state index contributed by atoms with van der Waals surface area (Å²) in [6.45, 7) is 2.95. The molecule has 1 saturated carbocycles. The Labute approximate surface area is 124 Å². The number of carbonyl (C=O) groups is 1. The maximum absolute atomic E-state index is 12.1. The highest BCUT2D eigenvalue weighted by molar-refractivity contribution is 7.10. The molecule has 1 aromatic heterocycles. The summed E-state index contributed by atoms with van der Waals surface area (Å²) < 4.78 is 0. The molecule has 0 bridgehead atoms. The van der Waals surface area contributed by atoms with E-state index < -0.39 is 0 Å². The molecule has 3 rings (SSSR count). The first kappa shape index (κ1) is 13.8. The van der Waals surface area contributed by atoms with Gasteiger partial charge in [-0.05, 0) is 55.7 Å². The van der Waals surface area contributed by atoms with Crippen molar-refractivity contribution in [1.82, 2.24) is 10.2 Å². The molecule has 4 heteroatoms. The van der Waals surface area contributed by atoms with E-state index in [-0.39, 0.29) is 5.91 Å². The van der Waals surface area contributed by atoms with Crippen molar-refractivity contribution in [2.75, 3.05) is 19.6 Å². The number of piperidine rings is 1. The van der Waals surface area contributed by atoms with Gasteiger partial charge in [-0.15, -0.1) is 11.3 Å². The van der Waals surface area contributed by atoms with Gasteiger partial charge in [-0.25, -0.2) is 0 Å². The van der Waals surface area contributed by atoms with Gasteiger partial charge >= 0.3 is 0 Å². The Morgan fingerprint density at radius 3 is 2.80 bits per heavy atom. The number of amides is 1. The summed E-state index contributed by atoms with van der Waals surface area (Å²) in [6, 6.07) is 4.65. The minimum Gasteiger partial charge on any atom is -0.339 e. The minimum absolute atomic E-state index is 0.152. The molecular formula is C16H22N2OS. The second kappa shape index (κ2) is 6.55. The van der Waals surface area contributed by atoms with Crippen LogP contribution >= 0.6 is 11.3 Å². The van der Waals surface area contributed by atoms with Gasteiger partial charge in [-0.3, -0.25) is 4.79 Å². The van der Waals surface area contributed by atoms with Crippen molar-refractivity contribution >= 4 is 23.3 Å². The Balaban J connectivity index is 1.41. The first-order valence-corrected chi connectivity index (χ1v) is 8.43. The number of nitrogens with zero attached hydrogens (tertiary/aromatic N) is 1. The van der Waals surface area contributed by atoms with Crippen molar-refractivity contribution in [1.29, 1.82) is 0 Å². The molecule has 3 nitrogen and oxygen atoms in total. The quantitative estimate of drug-likeness (QED) is 0.846. The summed E-state index contributed by atoms with van der Waals surface area (Å²) in [5.41, 5.74) is 0. The lowest BCUT2D eigenvalue weighted by atomic mass is 10.0. The second-order valence-electron chi connectivity index (χ2n) is 5.80. The van der Waals surface area contributed by atoms with Crippen LogP contribution in [-0.2, 0) is 4.79 Å². The molecule has 1 saturated heterocycles. The molecule has 1 amide bonds. The SMILES string of the molecule is O=C(/C=C/c1cccs1)N1CCC(NCC2CC2)CC1. The lowest BCUT2D eigenvalue weighted by molar-refractivity contribution is -0.127. The van der Waals surface area contributed by atoms with Crippen LogP contribution in [0.25, 0.3) is 6.08 Å². The zero-order valence-electron chi connectivity index (χ0n) is 11.8. The second-order valence-corrected chi connectivity index (χ2v) is 6.78. The normalized spacial score (nSPS) is 20.7. The van der Waals surface area contributed by atoms with Crippen LogP contribution in [0.15, 0.2) is 23.6 Å². The zero-order valence-corrected chi connectivity index (χ0v) is 12.6. The molecule has 1 aliphatic carbocycles. The van der Waals surface area contributed by atoms with E-state index in [4.69, 9.17) is 0 Å². The molecule has 1 N–H and O–H groups in total.